The number of rotatable bonds is 16. The lowest BCUT2D eigenvalue weighted by Gasteiger charge is -2.25. The Morgan fingerprint density at radius 1 is 0.809 bits per heavy atom. The Hall–Kier alpha value is -4.71. The van der Waals surface area contributed by atoms with Crippen LogP contribution in [0.15, 0.2) is 103 Å². The highest BCUT2D eigenvalue weighted by atomic mass is 32.2. The molecule has 3 atom stereocenters. The van der Waals surface area contributed by atoms with E-state index >= 15 is 0 Å². The zero-order valence-electron chi connectivity index (χ0n) is 26.8. The first-order valence-electron chi connectivity index (χ1n) is 15.4. The normalized spacial score (nSPS) is 13.2. The van der Waals surface area contributed by atoms with Gasteiger partial charge in [0.05, 0.1) is 36.7 Å². The van der Waals surface area contributed by atoms with Gasteiger partial charge in [0.2, 0.25) is 10.0 Å². The van der Waals surface area contributed by atoms with Crippen LogP contribution in [0.1, 0.15) is 57.3 Å². The fourth-order valence-electron chi connectivity index (χ4n) is 5.00. The second-order valence-electron chi connectivity index (χ2n) is 11.2. The van der Waals surface area contributed by atoms with Crippen LogP contribution in [0.2, 0.25) is 0 Å². The molecule has 0 radical (unpaired) electrons. The number of nitrogens with one attached hydrogen (secondary N) is 4. The number of amides is 2. The first kappa shape index (κ1) is 35.1. The molecule has 0 fully saturated rings. The summed E-state index contributed by atoms with van der Waals surface area (Å²) in [6.45, 7) is 3.98. The largest absolute Gasteiger partial charge is 0.497 e. The molecule has 0 aliphatic rings. The zero-order valence-corrected chi connectivity index (χ0v) is 27.6. The topological polar surface area (TPSA) is 146 Å². The SMILES string of the molecule is CCS(=O)(=O)Nc1cc(C(=O)N[C@@H](Cc2ccccc2)[C@@H](O)CNCc2cccc(OC)c2)cc(C(=O)N[C@H](C)c2ccccc2)c1. The molecule has 0 unspecified atom stereocenters. The summed E-state index contributed by atoms with van der Waals surface area (Å²) in [6.07, 6.45) is -0.653. The molecule has 5 N–H and O–H groups in total. The molecule has 2 amide bonds. The molecule has 4 aromatic rings. The van der Waals surface area contributed by atoms with E-state index in [4.69, 9.17) is 4.74 Å². The number of carbonyl (C=O) groups is 2. The van der Waals surface area contributed by atoms with Crippen LogP contribution in [0, 0.1) is 0 Å². The van der Waals surface area contributed by atoms with Gasteiger partial charge in [0.15, 0.2) is 0 Å². The Bertz CT molecular complexity index is 1740. The van der Waals surface area contributed by atoms with Gasteiger partial charge in [0.1, 0.15) is 5.75 Å². The van der Waals surface area contributed by atoms with Crippen LogP contribution in [-0.2, 0) is 23.0 Å². The van der Waals surface area contributed by atoms with E-state index in [1.54, 1.807) is 7.11 Å². The average Bonchev–Trinajstić information content (AvgIpc) is 3.08. The Labute approximate surface area is 276 Å². The van der Waals surface area contributed by atoms with E-state index in [1.807, 2.05) is 91.9 Å². The molecule has 0 aromatic heterocycles. The second kappa shape index (κ2) is 16.7. The number of aliphatic hydroxyl groups excluding tert-OH is 1. The smallest absolute Gasteiger partial charge is 0.251 e. The molecule has 0 aliphatic heterocycles. The van der Waals surface area contributed by atoms with Gasteiger partial charge >= 0.3 is 0 Å². The second-order valence-corrected chi connectivity index (χ2v) is 13.2. The van der Waals surface area contributed by atoms with Crippen LogP contribution in [0.4, 0.5) is 5.69 Å². The van der Waals surface area contributed by atoms with Crippen LogP contribution in [0.3, 0.4) is 0 Å². The van der Waals surface area contributed by atoms with E-state index in [-0.39, 0.29) is 35.2 Å². The van der Waals surface area contributed by atoms with Crippen LogP contribution in [-0.4, -0.2) is 56.9 Å². The van der Waals surface area contributed by atoms with Gasteiger partial charge in [-0.3, -0.25) is 14.3 Å². The number of benzene rings is 4. The third kappa shape index (κ3) is 10.7. The minimum Gasteiger partial charge on any atom is -0.497 e. The van der Waals surface area contributed by atoms with Crippen molar-refractivity contribution in [3.63, 3.8) is 0 Å². The monoisotopic (exact) mass is 658 g/mol. The molecule has 0 saturated heterocycles. The van der Waals surface area contributed by atoms with Crippen molar-refractivity contribution in [2.45, 2.75) is 45.0 Å². The van der Waals surface area contributed by atoms with Gasteiger partial charge in [-0.1, -0.05) is 72.8 Å². The Balaban J connectivity index is 1.56. The van der Waals surface area contributed by atoms with E-state index in [1.165, 1.54) is 25.1 Å². The number of ether oxygens (including phenoxy) is 1. The number of anilines is 1. The zero-order chi connectivity index (χ0) is 33.8. The summed E-state index contributed by atoms with van der Waals surface area (Å²) in [4.78, 5) is 27.1. The minimum atomic E-state index is -3.71. The van der Waals surface area contributed by atoms with Crippen LogP contribution in [0.25, 0.3) is 0 Å². The molecule has 10 nitrogen and oxygen atoms in total. The molecular formula is C36H42N4O6S. The number of sulfonamides is 1. The lowest BCUT2D eigenvalue weighted by Crippen LogP contribution is -2.48. The number of aliphatic hydroxyl groups is 1. The molecule has 0 saturated carbocycles. The van der Waals surface area contributed by atoms with Gasteiger partial charge in [0, 0.05) is 24.2 Å². The van der Waals surface area contributed by atoms with Gasteiger partial charge in [-0.2, -0.15) is 0 Å². The van der Waals surface area contributed by atoms with Gasteiger partial charge in [0.25, 0.3) is 11.8 Å². The molecule has 0 bridgehead atoms. The van der Waals surface area contributed by atoms with Crippen molar-refractivity contribution in [2.75, 3.05) is 24.1 Å². The van der Waals surface area contributed by atoms with Gasteiger partial charge in [-0.15, -0.1) is 0 Å². The number of methoxy groups -OCH3 is 1. The molecule has 248 valence electrons. The van der Waals surface area contributed by atoms with E-state index in [0.717, 1.165) is 22.4 Å². The van der Waals surface area contributed by atoms with Crippen molar-refractivity contribution in [1.82, 2.24) is 16.0 Å². The highest BCUT2D eigenvalue weighted by Crippen LogP contribution is 2.20. The van der Waals surface area contributed by atoms with Crippen molar-refractivity contribution in [3.8, 4) is 5.75 Å². The summed E-state index contributed by atoms with van der Waals surface area (Å²) in [5.41, 5.74) is 3.02. The number of carbonyl (C=O) groups excluding carboxylic acids is 2. The maximum atomic E-state index is 13.8. The minimum absolute atomic E-state index is 0.0634. The fraction of sp³-hybridized carbons (Fsp3) is 0.278. The number of hydrogen-bond acceptors (Lipinski definition) is 7. The molecule has 4 rings (SSSR count). The van der Waals surface area contributed by atoms with E-state index in [2.05, 4.69) is 20.7 Å². The number of hydrogen-bond donors (Lipinski definition) is 5. The van der Waals surface area contributed by atoms with Gasteiger partial charge in [-0.25, -0.2) is 8.42 Å². The average molecular weight is 659 g/mol. The van der Waals surface area contributed by atoms with Crippen LogP contribution >= 0.6 is 0 Å². The molecule has 0 heterocycles. The lowest BCUT2D eigenvalue weighted by molar-refractivity contribution is 0.0830. The Morgan fingerprint density at radius 3 is 2.06 bits per heavy atom. The first-order valence-corrected chi connectivity index (χ1v) is 17.1. The van der Waals surface area contributed by atoms with Crippen LogP contribution in [0.5, 0.6) is 5.75 Å². The summed E-state index contributed by atoms with van der Waals surface area (Å²) >= 11 is 0. The van der Waals surface area contributed by atoms with Crippen molar-refractivity contribution in [2.24, 2.45) is 0 Å². The predicted octanol–water partition coefficient (Wildman–Crippen LogP) is 4.44. The van der Waals surface area contributed by atoms with E-state index in [9.17, 15) is 23.1 Å². The predicted molar refractivity (Wildman–Crippen MR) is 184 cm³/mol. The standard InChI is InChI=1S/C36H42N4O6S/c1-4-47(44,45)40-31-21-29(35(42)38-25(2)28-15-9-6-10-16-28)20-30(22-31)36(43)39-33(19-26-12-7-5-8-13-26)34(41)24-37-23-27-14-11-17-32(18-27)46-3/h5-18,20-22,25,33-34,37,40-41H,4,19,23-24H2,1-3H3,(H,38,42)(H,39,43)/t25-,33+,34+/m1/s1. The third-order valence-electron chi connectivity index (χ3n) is 7.65. The highest BCUT2D eigenvalue weighted by molar-refractivity contribution is 7.92. The Kier molecular flexibility index (Phi) is 12.5. The summed E-state index contributed by atoms with van der Waals surface area (Å²) in [6, 6.07) is 29.6. The fourth-order valence-corrected chi connectivity index (χ4v) is 5.62. The van der Waals surface area contributed by atoms with Crippen molar-refractivity contribution in [1.29, 1.82) is 0 Å². The lowest BCUT2D eigenvalue weighted by atomic mass is 10.00. The third-order valence-corrected chi connectivity index (χ3v) is 8.96. The molecule has 11 heteroatoms. The van der Waals surface area contributed by atoms with Crippen molar-refractivity contribution < 1.29 is 27.9 Å². The van der Waals surface area contributed by atoms with Crippen molar-refractivity contribution in [3.05, 3.63) is 131 Å². The summed E-state index contributed by atoms with van der Waals surface area (Å²) in [7, 11) is -2.11. The van der Waals surface area contributed by atoms with Crippen LogP contribution < -0.4 is 25.4 Å². The van der Waals surface area contributed by atoms with Gasteiger partial charge < -0.3 is 25.8 Å². The molecule has 0 spiro atoms. The molecule has 47 heavy (non-hydrogen) atoms. The summed E-state index contributed by atoms with van der Waals surface area (Å²) < 4.78 is 32.6. The highest BCUT2D eigenvalue weighted by Gasteiger charge is 2.24. The van der Waals surface area contributed by atoms with E-state index in [0.29, 0.717) is 13.0 Å². The molecule has 4 aromatic carbocycles. The van der Waals surface area contributed by atoms with E-state index < -0.39 is 34.0 Å². The maximum absolute atomic E-state index is 13.8. The summed E-state index contributed by atoms with van der Waals surface area (Å²) in [5.74, 6) is -0.509. The molecular weight excluding hydrogens is 616 g/mol. The summed E-state index contributed by atoms with van der Waals surface area (Å²) in [5, 5.41) is 20.4. The quantitative estimate of drug-likeness (QED) is 0.120. The molecule has 0 aliphatic carbocycles. The Morgan fingerprint density at radius 2 is 1.43 bits per heavy atom. The first-order chi connectivity index (χ1) is 22.6. The maximum Gasteiger partial charge on any atom is 0.251 e. The van der Waals surface area contributed by atoms with Gasteiger partial charge in [-0.05, 0) is 67.3 Å². The van der Waals surface area contributed by atoms with Crippen molar-refractivity contribution >= 4 is 27.5 Å².